The first-order valence-corrected chi connectivity index (χ1v) is 8.19. The molecule has 98 valence electrons. The van der Waals surface area contributed by atoms with Gasteiger partial charge < -0.3 is 5.11 Å². The highest BCUT2D eigenvalue weighted by atomic mass is 127. The van der Waals surface area contributed by atoms with E-state index in [1.807, 2.05) is 0 Å². The molecule has 0 heterocycles. The van der Waals surface area contributed by atoms with Gasteiger partial charge in [0.15, 0.2) is 0 Å². The standard InChI is InChI=1S/C16H21IO/c17-15-7-3-12(4-8-15)10-16(18)9-1-2-14(11-16)13-5-6-13/h3-4,7-8,13-14,18H,1-2,5-6,9-11H2. The van der Waals surface area contributed by atoms with E-state index in [-0.39, 0.29) is 0 Å². The average Bonchev–Trinajstić information content (AvgIpc) is 3.16. The fourth-order valence-corrected chi connectivity index (χ4v) is 3.86. The van der Waals surface area contributed by atoms with E-state index in [1.165, 1.54) is 34.8 Å². The van der Waals surface area contributed by atoms with Crippen molar-refractivity contribution < 1.29 is 5.11 Å². The molecule has 0 aromatic heterocycles. The lowest BCUT2D eigenvalue weighted by atomic mass is 9.73. The third-order valence-electron chi connectivity index (χ3n) is 4.59. The summed E-state index contributed by atoms with van der Waals surface area (Å²) in [6, 6.07) is 8.61. The monoisotopic (exact) mass is 356 g/mol. The van der Waals surface area contributed by atoms with Crippen molar-refractivity contribution in [3.8, 4) is 0 Å². The van der Waals surface area contributed by atoms with Crippen LogP contribution in [0, 0.1) is 15.4 Å². The molecule has 0 amide bonds. The minimum absolute atomic E-state index is 0.432. The maximum atomic E-state index is 10.8. The van der Waals surface area contributed by atoms with E-state index in [9.17, 15) is 5.11 Å². The van der Waals surface area contributed by atoms with Crippen LogP contribution in [-0.4, -0.2) is 10.7 Å². The van der Waals surface area contributed by atoms with Gasteiger partial charge in [-0.3, -0.25) is 0 Å². The Kier molecular flexibility index (Phi) is 3.68. The summed E-state index contributed by atoms with van der Waals surface area (Å²) in [6.45, 7) is 0. The van der Waals surface area contributed by atoms with Crippen molar-refractivity contribution in [3.05, 3.63) is 33.4 Å². The van der Waals surface area contributed by atoms with Crippen LogP contribution < -0.4 is 0 Å². The summed E-state index contributed by atoms with van der Waals surface area (Å²) in [5.74, 6) is 1.74. The summed E-state index contributed by atoms with van der Waals surface area (Å²) in [5, 5.41) is 10.8. The van der Waals surface area contributed by atoms with Crippen LogP contribution in [0.1, 0.15) is 44.1 Å². The summed E-state index contributed by atoms with van der Waals surface area (Å²) < 4.78 is 1.27. The first kappa shape index (κ1) is 12.9. The van der Waals surface area contributed by atoms with Gasteiger partial charge in [0, 0.05) is 9.99 Å². The SMILES string of the molecule is OC1(Cc2ccc(I)cc2)CCCC(C2CC2)C1. The van der Waals surface area contributed by atoms with E-state index < -0.39 is 5.60 Å². The van der Waals surface area contributed by atoms with Gasteiger partial charge in [0.25, 0.3) is 0 Å². The van der Waals surface area contributed by atoms with Crippen LogP contribution in [0.3, 0.4) is 0 Å². The predicted octanol–water partition coefficient (Wildman–Crippen LogP) is 4.17. The number of hydrogen-bond acceptors (Lipinski definition) is 1. The van der Waals surface area contributed by atoms with Crippen LogP contribution in [0.25, 0.3) is 0 Å². The Morgan fingerprint density at radius 3 is 2.50 bits per heavy atom. The fraction of sp³-hybridized carbons (Fsp3) is 0.625. The Labute approximate surface area is 123 Å². The Balaban J connectivity index is 1.67. The smallest absolute Gasteiger partial charge is 0.0690 e. The lowest BCUT2D eigenvalue weighted by Crippen LogP contribution is -2.38. The van der Waals surface area contributed by atoms with Gasteiger partial charge in [-0.15, -0.1) is 0 Å². The molecule has 2 aliphatic carbocycles. The molecule has 3 rings (SSSR count). The molecule has 2 atom stereocenters. The van der Waals surface area contributed by atoms with Crippen LogP contribution in [0.15, 0.2) is 24.3 Å². The first-order valence-electron chi connectivity index (χ1n) is 7.11. The summed E-state index contributed by atoms with van der Waals surface area (Å²) in [6.07, 6.45) is 8.23. The van der Waals surface area contributed by atoms with Gasteiger partial charge in [-0.2, -0.15) is 0 Å². The molecule has 2 saturated carbocycles. The fourth-order valence-electron chi connectivity index (χ4n) is 3.50. The van der Waals surface area contributed by atoms with Gasteiger partial charge in [0.1, 0.15) is 0 Å². The van der Waals surface area contributed by atoms with Gasteiger partial charge in [-0.05, 0) is 84.2 Å². The van der Waals surface area contributed by atoms with Crippen molar-refractivity contribution >= 4 is 22.6 Å². The molecule has 0 aliphatic heterocycles. The number of benzene rings is 1. The Hall–Kier alpha value is -0.0900. The zero-order valence-corrected chi connectivity index (χ0v) is 12.9. The third kappa shape index (κ3) is 3.08. The van der Waals surface area contributed by atoms with Crippen molar-refractivity contribution in [2.45, 2.75) is 50.5 Å². The summed E-state index contributed by atoms with van der Waals surface area (Å²) >= 11 is 2.33. The van der Waals surface area contributed by atoms with Crippen LogP contribution in [0.2, 0.25) is 0 Å². The predicted molar refractivity (Wildman–Crippen MR) is 82.5 cm³/mol. The molecule has 0 radical (unpaired) electrons. The maximum absolute atomic E-state index is 10.8. The van der Waals surface area contributed by atoms with E-state index >= 15 is 0 Å². The van der Waals surface area contributed by atoms with E-state index in [1.54, 1.807) is 0 Å². The van der Waals surface area contributed by atoms with Crippen LogP contribution >= 0.6 is 22.6 Å². The van der Waals surface area contributed by atoms with Crippen LogP contribution in [0.5, 0.6) is 0 Å². The number of halogens is 1. The van der Waals surface area contributed by atoms with Gasteiger partial charge in [0.05, 0.1) is 5.60 Å². The van der Waals surface area contributed by atoms with Crippen molar-refractivity contribution in [3.63, 3.8) is 0 Å². The molecule has 1 aromatic carbocycles. The summed E-state index contributed by atoms with van der Waals surface area (Å²) in [7, 11) is 0. The molecule has 0 saturated heterocycles. The van der Waals surface area contributed by atoms with Gasteiger partial charge in [-0.25, -0.2) is 0 Å². The number of rotatable bonds is 3. The van der Waals surface area contributed by atoms with E-state index in [2.05, 4.69) is 46.9 Å². The Morgan fingerprint density at radius 1 is 1.11 bits per heavy atom. The molecule has 1 N–H and O–H groups in total. The minimum Gasteiger partial charge on any atom is -0.390 e. The second-order valence-electron chi connectivity index (χ2n) is 6.22. The lowest BCUT2D eigenvalue weighted by Gasteiger charge is -2.37. The second kappa shape index (κ2) is 5.12. The molecular weight excluding hydrogens is 335 g/mol. The minimum atomic E-state index is -0.432. The van der Waals surface area contributed by atoms with Crippen LogP contribution in [-0.2, 0) is 6.42 Å². The Bertz CT molecular complexity index is 410. The molecule has 18 heavy (non-hydrogen) atoms. The number of aliphatic hydroxyl groups is 1. The normalized spacial score (nSPS) is 32.4. The molecule has 1 aromatic rings. The molecular formula is C16H21IO. The maximum Gasteiger partial charge on any atom is 0.0690 e. The highest BCUT2D eigenvalue weighted by molar-refractivity contribution is 14.1. The van der Waals surface area contributed by atoms with Gasteiger partial charge in [0.2, 0.25) is 0 Å². The van der Waals surface area contributed by atoms with E-state index in [4.69, 9.17) is 0 Å². The van der Waals surface area contributed by atoms with Crippen molar-refractivity contribution in [2.24, 2.45) is 11.8 Å². The molecule has 1 nitrogen and oxygen atoms in total. The van der Waals surface area contributed by atoms with Gasteiger partial charge >= 0.3 is 0 Å². The quantitative estimate of drug-likeness (QED) is 0.807. The molecule has 0 bridgehead atoms. The van der Waals surface area contributed by atoms with Gasteiger partial charge in [-0.1, -0.05) is 18.6 Å². The van der Waals surface area contributed by atoms with Crippen molar-refractivity contribution in [1.29, 1.82) is 0 Å². The van der Waals surface area contributed by atoms with Crippen molar-refractivity contribution in [2.75, 3.05) is 0 Å². The zero-order chi connectivity index (χ0) is 12.6. The average molecular weight is 356 g/mol. The van der Waals surface area contributed by atoms with Crippen molar-refractivity contribution in [1.82, 2.24) is 0 Å². The Morgan fingerprint density at radius 2 is 1.83 bits per heavy atom. The summed E-state index contributed by atoms with van der Waals surface area (Å²) in [5.41, 5.74) is 0.854. The molecule has 2 fully saturated rings. The van der Waals surface area contributed by atoms with Crippen LogP contribution in [0.4, 0.5) is 0 Å². The van der Waals surface area contributed by atoms with E-state index in [0.29, 0.717) is 0 Å². The highest BCUT2D eigenvalue weighted by Crippen LogP contribution is 2.47. The second-order valence-corrected chi connectivity index (χ2v) is 7.47. The summed E-state index contributed by atoms with van der Waals surface area (Å²) in [4.78, 5) is 0. The zero-order valence-electron chi connectivity index (χ0n) is 10.7. The van der Waals surface area contributed by atoms with E-state index in [0.717, 1.165) is 31.1 Å². The molecule has 2 heteroatoms. The highest BCUT2D eigenvalue weighted by Gasteiger charge is 2.40. The first-order chi connectivity index (χ1) is 8.65. The molecule has 2 aliphatic rings. The number of hydrogen-bond donors (Lipinski definition) is 1. The molecule has 2 unspecified atom stereocenters. The molecule has 0 spiro atoms. The topological polar surface area (TPSA) is 20.2 Å². The lowest BCUT2D eigenvalue weighted by molar-refractivity contribution is -0.0195. The largest absolute Gasteiger partial charge is 0.390 e. The third-order valence-corrected chi connectivity index (χ3v) is 5.31.